The lowest BCUT2D eigenvalue weighted by Gasteiger charge is -2.38. The quantitative estimate of drug-likeness (QED) is 0.532. The van der Waals surface area contributed by atoms with Gasteiger partial charge in [0.15, 0.2) is 5.78 Å². The molecule has 0 saturated carbocycles. The summed E-state index contributed by atoms with van der Waals surface area (Å²) in [6, 6.07) is 7.28. The van der Waals surface area contributed by atoms with Crippen molar-refractivity contribution in [3.8, 4) is 5.75 Å². The van der Waals surface area contributed by atoms with Crippen molar-refractivity contribution >= 4 is 17.7 Å². The smallest absolute Gasteiger partial charge is 0.337 e. The third-order valence-corrected chi connectivity index (χ3v) is 6.27. The van der Waals surface area contributed by atoms with Crippen LogP contribution < -0.4 is 10.1 Å². The minimum Gasteiger partial charge on any atom is -0.497 e. The number of Topliss-reactive ketones (excluding diaryl/α,β-unsaturated/α-hetero) is 1. The van der Waals surface area contributed by atoms with Gasteiger partial charge in [0.25, 0.3) is 0 Å². The summed E-state index contributed by atoms with van der Waals surface area (Å²) in [5.41, 5.74) is 2.87. The van der Waals surface area contributed by atoms with E-state index in [1.807, 2.05) is 45.9 Å². The van der Waals surface area contributed by atoms with Gasteiger partial charge in [-0.1, -0.05) is 26.0 Å². The van der Waals surface area contributed by atoms with Crippen molar-refractivity contribution in [3.05, 3.63) is 52.4 Å². The Morgan fingerprint density at radius 1 is 1.25 bits per heavy atom. The highest BCUT2D eigenvalue weighted by atomic mass is 16.5. The lowest BCUT2D eigenvalue weighted by molar-refractivity contribution is -0.151. The van der Waals surface area contributed by atoms with E-state index in [2.05, 4.69) is 5.32 Å². The number of rotatable bonds is 6. The van der Waals surface area contributed by atoms with Crippen LogP contribution in [0.5, 0.6) is 5.75 Å². The van der Waals surface area contributed by atoms with Crippen LogP contribution in [0.1, 0.15) is 52.0 Å². The van der Waals surface area contributed by atoms with E-state index in [1.165, 1.54) is 7.11 Å². The highest BCUT2D eigenvalue weighted by molar-refractivity contribution is 6.12. The first kappa shape index (κ1) is 23.6. The van der Waals surface area contributed by atoms with E-state index < -0.39 is 23.8 Å². The van der Waals surface area contributed by atoms with Gasteiger partial charge in [-0.25, -0.2) is 4.79 Å². The summed E-state index contributed by atoms with van der Waals surface area (Å²) >= 11 is 0. The van der Waals surface area contributed by atoms with Crippen LogP contribution in [0, 0.1) is 11.8 Å². The Morgan fingerprint density at radius 3 is 2.59 bits per heavy atom. The molecule has 1 aliphatic carbocycles. The molecule has 0 saturated heterocycles. The average molecular weight is 442 g/mol. The van der Waals surface area contributed by atoms with Crippen molar-refractivity contribution < 1.29 is 28.6 Å². The Morgan fingerprint density at radius 2 is 1.97 bits per heavy atom. The Balaban J connectivity index is 2.18. The van der Waals surface area contributed by atoms with Crippen molar-refractivity contribution in [2.45, 2.75) is 52.6 Å². The maximum Gasteiger partial charge on any atom is 0.337 e. The van der Waals surface area contributed by atoms with E-state index in [1.54, 1.807) is 13.2 Å². The summed E-state index contributed by atoms with van der Waals surface area (Å²) in [4.78, 5) is 39.4. The number of nitrogens with one attached hydrogen (secondary N) is 1. The summed E-state index contributed by atoms with van der Waals surface area (Å²) in [5, 5.41) is 3.26. The molecule has 4 atom stereocenters. The molecule has 32 heavy (non-hydrogen) atoms. The zero-order valence-corrected chi connectivity index (χ0v) is 19.5. The number of dihydropyridines is 1. The standard InChI is InChI=1S/C25H31NO6/c1-7-14(3)32-25(29)20-15(4)26-18-11-13(2)19(24(28)31-6)23(27)22(18)21(20)16-9-8-10-17(12-16)30-5/h8-10,12-14,19,21,26H,7,11H2,1-6H3/t13-,14+,19-,21-/m1/s1. The number of allylic oxidation sites excluding steroid dienone is 3. The van der Waals surface area contributed by atoms with Crippen LogP contribution in [-0.2, 0) is 23.9 Å². The monoisotopic (exact) mass is 441 g/mol. The number of ether oxygens (including phenoxy) is 3. The summed E-state index contributed by atoms with van der Waals surface area (Å²) < 4.78 is 16.0. The fraction of sp³-hybridized carbons (Fsp3) is 0.480. The van der Waals surface area contributed by atoms with Gasteiger partial charge < -0.3 is 19.5 Å². The molecule has 0 aromatic heterocycles. The largest absolute Gasteiger partial charge is 0.497 e. The van der Waals surface area contributed by atoms with Gasteiger partial charge in [0.05, 0.1) is 25.9 Å². The van der Waals surface area contributed by atoms with Crippen LogP contribution in [0.15, 0.2) is 46.8 Å². The normalized spacial score (nSPS) is 23.8. The van der Waals surface area contributed by atoms with Crippen LogP contribution in [0.2, 0.25) is 0 Å². The molecule has 0 amide bonds. The summed E-state index contributed by atoms with van der Waals surface area (Å²) in [7, 11) is 2.84. The molecule has 1 N–H and O–H groups in total. The summed E-state index contributed by atoms with van der Waals surface area (Å²) in [6.07, 6.45) is 0.894. The lowest BCUT2D eigenvalue weighted by atomic mass is 9.69. The second-order valence-electron chi connectivity index (χ2n) is 8.44. The Kier molecular flexibility index (Phi) is 7.06. The number of benzene rings is 1. The number of ketones is 1. The number of carbonyl (C=O) groups is 3. The highest BCUT2D eigenvalue weighted by Crippen LogP contribution is 2.46. The molecule has 0 unspecified atom stereocenters. The third kappa shape index (κ3) is 4.29. The zero-order chi connectivity index (χ0) is 23.6. The van der Waals surface area contributed by atoms with Gasteiger partial charge in [0, 0.05) is 22.9 Å². The Bertz CT molecular complexity index is 992. The van der Waals surface area contributed by atoms with Crippen molar-refractivity contribution in [1.82, 2.24) is 5.32 Å². The maximum absolute atomic E-state index is 13.7. The van der Waals surface area contributed by atoms with Gasteiger partial charge >= 0.3 is 11.9 Å². The molecule has 1 heterocycles. The second kappa shape index (κ2) is 9.59. The molecule has 7 nitrogen and oxygen atoms in total. The Labute approximate surface area is 188 Å². The number of hydrogen-bond acceptors (Lipinski definition) is 7. The SMILES string of the molecule is CC[C@H](C)OC(=O)C1=C(C)NC2=C(C(=O)[C@H](C(=O)OC)[C@H](C)C2)[C@@H]1c1cccc(OC)c1. The minimum atomic E-state index is -0.918. The molecule has 3 rings (SSSR count). The van der Waals surface area contributed by atoms with E-state index in [-0.39, 0.29) is 17.8 Å². The zero-order valence-electron chi connectivity index (χ0n) is 19.5. The average Bonchev–Trinajstić information content (AvgIpc) is 2.77. The van der Waals surface area contributed by atoms with Gasteiger partial charge in [-0.05, 0) is 50.3 Å². The van der Waals surface area contributed by atoms with Crippen LogP contribution >= 0.6 is 0 Å². The van der Waals surface area contributed by atoms with Crippen molar-refractivity contribution in [3.63, 3.8) is 0 Å². The lowest BCUT2D eigenvalue weighted by Crippen LogP contribution is -2.43. The first-order chi connectivity index (χ1) is 15.2. The summed E-state index contributed by atoms with van der Waals surface area (Å²) in [6.45, 7) is 7.43. The first-order valence-corrected chi connectivity index (χ1v) is 10.9. The molecule has 1 aromatic rings. The van der Waals surface area contributed by atoms with E-state index in [0.29, 0.717) is 35.4 Å². The molecular weight excluding hydrogens is 410 g/mol. The maximum atomic E-state index is 13.7. The van der Waals surface area contributed by atoms with E-state index in [9.17, 15) is 14.4 Å². The molecule has 1 aromatic carbocycles. The third-order valence-electron chi connectivity index (χ3n) is 6.27. The fourth-order valence-corrected chi connectivity index (χ4v) is 4.44. The predicted molar refractivity (Wildman–Crippen MR) is 119 cm³/mol. The molecule has 172 valence electrons. The summed E-state index contributed by atoms with van der Waals surface area (Å²) in [5.74, 6) is -2.58. The van der Waals surface area contributed by atoms with Crippen molar-refractivity contribution in [1.29, 1.82) is 0 Å². The van der Waals surface area contributed by atoms with Gasteiger partial charge in [-0.15, -0.1) is 0 Å². The fourth-order valence-electron chi connectivity index (χ4n) is 4.44. The van der Waals surface area contributed by atoms with Crippen LogP contribution in [0.4, 0.5) is 0 Å². The van der Waals surface area contributed by atoms with Gasteiger partial charge in [0.2, 0.25) is 0 Å². The second-order valence-corrected chi connectivity index (χ2v) is 8.44. The first-order valence-electron chi connectivity index (χ1n) is 10.9. The molecule has 0 radical (unpaired) electrons. The molecule has 0 fully saturated rings. The van der Waals surface area contributed by atoms with Gasteiger partial charge in [-0.3, -0.25) is 9.59 Å². The van der Waals surface area contributed by atoms with Crippen LogP contribution in [0.25, 0.3) is 0 Å². The molecule has 1 aliphatic heterocycles. The van der Waals surface area contributed by atoms with Crippen LogP contribution in [-0.4, -0.2) is 38.0 Å². The van der Waals surface area contributed by atoms with Crippen LogP contribution in [0.3, 0.4) is 0 Å². The van der Waals surface area contributed by atoms with E-state index >= 15 is 0 Å². The number of hydrogen-bond donors (Lipinski definition) is 1. The number of carbonyl (C=O) groups excluding carboxylic acids is 3. The van der Waals surface area contributed by atoms with E-state index in [4.69, 9.17) is 14.2 Å². The molecule has 0 bridgehead atoms. The highest BCUT2D eigenvalue weighted by Gasteiger charge is 2.47. The van der Waals surface area contributed by atoms with Gasteiger partial charge in [-0.2, -0.15) is 0 Å². The topological polar surface area (TPSA) is 90.9 Å². The minimum absolute atomic E-state index is 0.228. The van der Waals surface area contributed by atoms with Crippen molar-refractivity contribution in [2.24, 2.45) is 11.8 Å². The molecule has 0 spiro atoms. The number of methoxy groups -OCH3 is 2. The number of esters is 2. The van der Waals surface area contributed by atoms with Gasteiger partial charge in [0.1, 0.15) is 11.7 Å². The van der Waals surface area contributed by atoms with Crippen molar-refractivity contribution in [2.75, 3.05) is 14.2 Å². The molecule has 2 aliphatic rings. The molecule has 7 heteroatoms. The predicted octanol–water partition coefficient (Wildman–Crippen LogP) is 3.65. The van der Waals surface area contributed by atoms with E-state index in [0.717, 1.165) is 11.3 Å². The molecular formula is C25H31NO6. The Hall–Kier alpha value is -3.09.